The van der Waals surface area contributed by atoms with Crippen LogP contribution < -0.4 is 16.0 Å². The summed E-state index contributed by atoms with van der Waals surface area (Å²) in [6.07, 6.45) is -1.53. The minimum atomic E-state index is -2.84. The molecule has 4 rings (SSSR count). The van der Waals surface area contributed by atoms with Crippen LogP contribution in [0.15, 0.2) is 59.5 Å². The van der Waals surface area contributed by atoms with Gasteiger partial charge in [-0.25, -0.2) is 22.9 Å². The van der Waals surface area contributed by atoms with Gasteiger partial charge >= 0.3 is 5.97 Å². The van der Waals surface area contributed by atoms with E-state index in [0.29, 0.717) is 11.3 Å². The van der Waals surface area contributed by atoms with Crippen molar-refractivity contribution in [3.05, 3.63) is 87.9 Å². The summed E-state index contributed by atoms with van der Waals surface area (Å²) in [7, 11) is 0. The first-order valence-corrected chi connectivity index (χ1v) is 10.9. The van der Waals surface area contributed by atoms with Crippen molar-refractivity contribution in [2.24, 2.45) is 0 Å². The number of carboxylic acids is 1. The lowest BCUT2D eigenvalue weighted by atomic mass is 9.99. The number of aromatic nitrogens is 4. The molecule has 3 N–H and O–H groups in total. The summed E-state index contributed by atoms with van der Waals surface area (Å²) in [4.78, 5) is 35.6. The van der Waals surface area contributed by atoms with Crippen molar-refractivity contribution in [2.75, 3.05) is 12.3 Å². The highest BCUT2D eigenvalue weighted by Crippen LogP contribution is 2.39. The Morgan fingerprint density at radius 2 is 1.81 bits per heavy atom. The molecule has 0 saturated carbocycles. The second kappa shape index (κ2) is 10.5. The van der Waals surface area contributed by atoms with Crippen molar-refractivity contribution in [2.45, 2.75) is 19.9 Å². The molecule has 3 aromatic heterocycles. The lowest BCUT2D eigenvalue weighted by molar-refractivity contribution is 0.0696. The number of halogens is 3. The highest BCUT2D eigenvalue weighted by atomic mass is 19.3. The van der Waals surface area contributed by atoms with Gasteiger partial charge in [-0.2, -0.15) is 4.98 Å². The molecular formula is C25H20F3N5O4. The van der Waals surface area contributed by atoms with E-state index in [1.54, 1.807) is 13.0 Å². The van der Waals surface area contributed by atoms with Gasteiger partial charge in [0.2, 0.25) is 11.8 Å². The maximum atomic E-state index is 13.6. The molecule has 37 heavy (non-hydrogen) atoms. The number of nitrogens with zero attached hydrogens (tertiary/aromatic N) is 4. The average molecular weight is 511 g/mol. The number of hydrogen-bond donors (Lipinski definition) is 2. The fourth-order valence-corrected chi connectivity index (χ4v) is 3.65. The average Bonchev–Trinajstić information content (AvgIpc) is 2.84. The Labute approximate surface area is 208 Å². The molecule has 0 aliphatic rings. The van der Waals surface area contributed by atoms with E-state index < -0.39 is 29.5 Å². The standard InChI is InChI=1S/C25H20F3N5O4/c1-13-10-16(11-18(30-13)22(27)28)20-21(14-2-4-17(26)5-3-14)31-25(29)32-23(20)37-9-8-33-7-6-15(24(35)36)12-19(33)34/h2-7,10-12,22H,8-9H2,1H3,(H,35,36)(H2,29,31,32). The summed E-state index contributed by atoms with van der Waals surface area (Å²) in [5, 5.41) is 9.03. The maximum absolute atomic E-state index is 13.6. The van der Waals surface area contributed by atoms with Crippen LogP contribution in [-0.4, -0.2) is 37.2 Å². The van der Waals surface area contributed by atoms with Gasteiger partial charge in [0.25, 0.3) is 12.0 Å². The molecule has 9 nitrogen and oxygen atoms in total. The van der Waals surface area contributed by atoms with Crippen LogP contribution in [-0.2, 0) is 6.54 Å². The number of aromatic carboxylic acids is 1. The van der Waals surface area contributed by atoms with Crippen LogP contribution in [0.3, 0.4) is 0 Å². The molecule has 0 amide bonds. The number of carbonyl (C=O) groups is 1. The van der Waals surface area contributed by atoms with Gasteiger partial charge in [-0.05, 0) is 55.0 Å². The molecule has 1 aromatic carbocycles. The summed E-state index contributed by atoms with van der Waals surface area (Å²) >= 11 is 0. The molecule has 190 valence electrons. The Balaban J connectivity index is 1.77. The number of alkyl halides is 2. The van der Waals surface area contributed by atoms with Crippen molar-refractivity contribution in [1.82, 2.24) is 19.5 Å². The number of pyridine rings is 2. The zero-order chi connectivity index (χ0) is 26.7. The van der Waals surface area contributed by atoms with Crippen LogP contribution in [0, 0.1) is 12.7 Å². The fourth-order valence-electron chi connectivity index (χ4n) is 3.65. The minimum Gasteiger partial charge on any atom is -0.478 e. The van der Waals surface area contributed by atoms with Gasteiger partial charge < -0.3 is 20.1 Å². The molecule has 0 fully saturated rings. The summed E-state index contributed by atoms with van der Waals surface area (Å²) in [5.41, 5.74) is 6.21. The first-order chi connectivity index (χ1) is 17.6. The maximum Gasteiger partial charge on any atom is 0.335 e. The monoisotopic (exact) mass is 511 g/mol. The lowest BCUT2D eigenvalue weighted by Crippen LogP contribution is -2.23. The summed E-state index contributed by atoms with van der Waals surface area (Å²) < 4.78 is 47.7. The number of carboxylic acid groups (broad SMARTS) is 1. The highest BCUT2D eigenvalue weighted by molar-refractivity contribution is 5.87. The molecule has 12 heteroatoms. The summed E-state index contributed by atoms with van der Waals surface area (Å²) in [6.45, 7) is 1.47. The molecule has 0 bridgehead atoms. The lowest BCUT2D eigenvalue weighted by Gasteiger charge is -2.17. The van der Waals surface area contributed by atoms with Gasteiger partial charge in [-0.3, -0.25) is 9.78 Å². The summed E-state index contributed by atoms with van der Waals surface area (Å²) in [5.74, 6) is -1.94. The number of ether oxygens (including phenoxy) is 1. The first kappa shape index (κ1) is 25.4. The van der Waals surface area contributed by atoms with E-state index in [0.717, 1.165) is 6.07 Å². The fraction of sp³-hybridized carbons (Fsp3) is 0.160. The van der Waals surface area contributed by atoms with Crippen LogP contribution in [0.1, 0.15) is 28.2 Å². The van der Waals surface area contributed by atoms with Crippen LogP contribution in [0.25, 0.3) is 22.4 Å². The number of benzene rings is 1. The van der Waals surface area contributed by atoms with E-state index in [9.17, 15) is 22.8 Å². The Morgan fingerprint density at radius 3 is 2.46 bits per heavy atom. The Bertz CT molecular complexity index is 1520. The molecule has 0 aliphatic carbocycles. The van der Waals surface area contributed by atoms with Crippen molar-refractivity contribution >= 4 is 11.9 Å². The van der Waals surface area contributed by atoms with E-state index >= 15 is 0 Å². The number of nitrogens with two attached hydrogens (primary N) is 1. The van der Waals surface area contributed by atoms with Gasteiger partial charge in [0.1, 0.15) is 18.1 Å². The highest BCUT2D eigenvalue weighted by Gasteiger charge is 2.21. The number of anilines is 1. The minimum absolute atomic E-state index is 0.0195. The molecule has 0 saturated heterocycles. The van der Waals surface area contributed by atoms with Gasteiger partial charge in [0.15, 0.2) is 0 Å². The predicted molar refractivity (Wildman–Crippen MR) is 128 cm³/mol. The van der Waals surface area contributed by atoms with Gasteiger partial charge in [-0.1, -0.05) is 0 Å². The van der Waals surface area contributed by atoms with Crippen LogP contribution >= 0.6 is 0 Å². The normalized spacial score (nSPS) is 11.1. The number of rotatable bonds is 8. The zero-order valence-corrected chi connectivity index (χ0v) is 19.4. The number of aryl methyl sites for hydroxylation is 1. The second-order valence-corrected chi connectivity index (χ2v) is 7.94. The molecule has 0 spiro atoms. The summed E-state index contributed by atoms with van der Waals surface area (Å²) in [6, 6.07) is 10.3. The molecule has 0 radical (unpaired) electrons. The van der Waals surface area contributed by atoms with Gasteiger partial charge in [0.05, 0.1) is 23.4 Å². The van der Waals surface area contributed by atoms with Crippen molar-refractivity contribution in [1.29, 1.82) is 0 Å². The molecular weight excluding hydrogens is 491 g/mol. The topological polar surface area (TPSA) is 133 Å². The second-order valence-electron chi connectivity index (χ2n) is 7.94. The van der Waals surface area contributed by atoms with E-state index in [1.165, 1.54) is 47.2 Å². The van der Waals surface area contributed by atoms with Crippen LogP contribution in [0.4, 0.5) is 19.1 Å². The molecule has 3 heterocycles. The third-order valence-electron chi connectivity index (χ3n) is 5.31. The van der Waals surface area contributed by atoms with E-state index in [-0.39, 0.29) is 47.4 Å². The van der Waals surface area contributed by atoms with E-state index in [4.69, 9.17) is 15.6 Å². The number of nitrogen functional groups attached to an aromatic ring is 1. The Hall–Kier alpha value is -4.74. The molecule has 0 aliphatic heterocycles. The molecule has 0 unspecified atom stereocenters. The predicted octanol–water partition coefficient (Wildman–Crippen LogP) is 4.11. The third kappa shape index (κ3) is 5.74. The molecule has 0 atom stereocenters. The van der Waals surface area contributed by atoms with Crippen LogP contribution in [0.2, 0.25) is 0 Å². The van der Waals surface area contributed by atoms with E-state index in [1.807, 2.05) is 0 Å². The molecule has 4 aromatic rings. The SMILES string of the molecule is Cc1cc(-c2c(OCCn3ccc(C(=O)O)cc3=O)nc(N)nc2-c2ccc(F)cc2)cc(C(F)F)n1. The number of hydrogen-bond acceptors (Lipinski definition) is 7. The first-order valence-electron chi connectivity index (χ1n) is 10.9. The third-order valence-corrected chi connectivity index (χ3v) is 5.31. The van der Waals surface area contributed by atoms with Crippen molar-refractivity contribution in [3.8, 4) is 28.3 Å². The quantitative estimate of drug-likeness (QED) is 0.361. The Morgan fingerprint density at radius 1 is 1.08 bits per heavy atom. The van der Waals surface area contributed by atoms with E-state index in [2.05, 4.69) is 15.0 Å². The van der Waals surface area contributed by atoms with Gasteiger partial charge in [-0.15, -0.1) is 0 Å². The zero-order valence-electron chi connectivity index (χ0n) is 19.4. The smallest absolute Gasteiger partial charge is 0.335 e. The van der Waals surface area contributed by atoms with Gasteiger partial charge in [0, 0.05) is 23.5 Å². The largest absolute Gasteiger partial charge is 0.478 e. The Kier molecular flexibility index (Phi) is 7.18. The van der Waals surface area contributed by atoms with Crippen molar-refractivity contribution in [3.63, 3.8) is 0 Å². The van der Waals surface area contributed by atoms with Crippen LogP contribution in [0.5, 0.6) is 5.88 Å². The van der Waals surface area contributed by atoms with Crippen molar-refractivity contribution < 1.29 is 27.8 Å².